The van der Waals surface area contributed by atoms with Gasteiger partial charge in [0.1, 0.15) is 10.7 Å². The third-order valence-corrected chi connectivity index (χ3v) is 6.95. The molecule has 3 aromatic rings. The Balaban J connectivity index is 1.48. The fourth-order valence-corrected chi connectivity index (χ4v) is 5.52. The number of thiophene rings is 1. The van der Waals surface area contributed by atoms with Gasteiger partial charge in [0.05, 0.1) is 11.4 Å². The third kappa shape index (κ3) is 4.33. The van der Waals surface area contributed by atoms with E-state index in [2.05, 4.69) is 36.1 Å². The summed E-state index contributed by atoms with van der Waals surface area (Å²) in [4.78, 5) is 35.1. The minimum Gasteiger partial charge on any atom is -0.349 e. The number of nitrogens with one attached hydrogen (secondary N) is 2. The van der Waals surface area contributed by atoms with E-state index in [0.717, 1.165) is 35.0 Å². The molecule has 0 radical (unpaired) electrons. The highest BCUT2D eigenvalue weighted by Crippen LogP contribution is 2.34. The highest BCUT2D eigenvalue weighted by molar-refractivity contribution is 7.18. The topological polar surface area (TPSA) is 74.8 Å². The summed E-state index contributed by atoms with van der Waals surface area (Å²) in [7, 11) is 0. The Bertz CT molecular complexity index is 1110. The number of aryl methyl sites for hydroxylation is 3. The molecule has 5 nitrogen and oxygen atoms in total. The first-order valence-corrected chi connectivity index (χ1v) is 11.5. The number of benzene rings is 1. The van der Waals surface area contributed by atoms with Crippen LogP contribution in [0.25, 0.3) is 10.2 Å². The second-order valence-corrected chi connectivity index (χ2v) is 10.3. The van der Waals surface area contributed by atoms with Crippen molar-refractivity contribution in [3.8, 4) is 0 Å². The fourth-order valence-electron chi connectivity index (χ4n) is 4.24. The van der Waals surface area contributed by atoms with Gasteiger partial charge in [-0.3, -0.25) is 9.59 Å². The SMILES string of the molecule is CC(C)(C)C(NC(=O)CCc1nc2sc3c(c2c(=O)[nH]1)CCCC3)c1ccccc1. The molecule has 1 unspecified atom stereocenters. The molecule has 0 spiro atoms. The van der Waals surface area contributed by atoms with Gasteiger partial charge >= 0.3 is 0 Å². The lowest BCUT2D eigenvalue weighted by Gasteiger charge is -2.32. The molecule has 2 heterocycles. The molecule has 4 rings (SSSR count). The maximum absolute atomic E-state index is 12.7. The summed E-state index contributed by atoms with van der Waals surface area (Å²) in [5.41, 5.74) is 2.11. The highest BCUT2D eigenvalue weighted by Gasteiger charge is 2.27. The number of carbonyl (C=O) groups is 1. The summed E-state index contributed by atoms with van der Waals surface area (Å²) in [5.74, 6) is 0.556. The molecule has 0 aliphatic heterocycles. The summed E-state index contributed by atoms with van der Waals surface area (Å²) in [6, 6.07) is 9.97. The van der Waals surface area contributed by atoms with Crippen molar-refractivity contribution < 1.29 is 4.79 Å². The lowest BCUT2D eigenvalue weighted by Crippen LogP contribution is -2.36. The number of hydrogen-bond acceptors (Lipinski definition) is 4. The summed E-state index contributed by atoms with van der Waals surface area (Å²) in [6.07, 6.45) is 5.04. The monoisotopic (exact) mass is 423 g/mol. The minimum atomic E-state index is -0.113. The van der Waals surface area contributed by atoms with Gasteiger partial charge in [0.15, 0.2) is 0 Å². The van der Waals surface area contributed by atoms with Crippen LogP contribution >= 0.6 is 11.3 Å². The first kappa shape index (κ1) is 20.8. The molecule has 1 aliphatic rings. The highest BCUT2D eigenvalue weighted by atomic mass is 32.1. The Morgan fingerprint density at radius 1 is 1.20 bits per heavy atom. The maximum atomic E-state index is 12.7. The van der Waals surface area contributed by atoms with Crippen molar-refractivity contribution >= 4 is 27.5 Å². The molecule has 0 saturated heterocycles. The van der Waals surface area contributed by atoms with Crippen LogP contribution in [0.5, 0.6) is 0 Å². The predicted molar refractivity (Wildman–Crippen MR) is 122 cm³/mol. The maximum Gasteiger partial charge on any atom is 0.259 e. The minimum absolute atomic E-state index is 0.0352. The van der Waals surface area contributed by atoms with Crippen LogP contribution in [0.3, 0.4) is 0 Å². The zero-order valence-corrected chi connectivity index (χ0v) is 18.7. The average Bonchev–Trinajstić information content (AvgIpc) is 3.09. The van der Waals surface area contributed by atoms with Gasteiger partial charge < -0.3 is 10.3 Å². The normalized spacial score (nSPS) is 15.0. The van der Waals surface area contributed by atoms with E-state index in [-0.39, 0.29) is 22.9 Å². The number of rotatable bonds is 5. The van der Waals surface area contributed by atoms with Gasteiger partial charge in [-0.25, -0.2) is 4.98 Å². The second-order valence-electron chi connectivity index (χ2n) is 9.18. The van der Waals surface area contributed by atoms with Crippen LogP contribution in [-0.4, -0.2) is 15.9 Å². The van der Waals surface area contributed by atoms with Crippen LogP contribution < -0.4 is 10.9 Å². The standard InChI is InChI=1S/C24H29N3O2S/c1-24(2,3)21(15-9-5-4-6-10-15)27-19(28)14-13-18-25-22(29)20-16-11-7-8-12-17(16)30-23(20)26-18/h4-6,9-10,21H,7-8,11-14H2,1-3H3,(H,27,28)(H,25,26,29). The van der Waals surface area contributed by atoms with Gasteiger partial charge in [0.25, 0.3) is 5.56 Å². The molecule has 2 N–H and O–H groups in total. The molecule has 6 heteroatoms. The number of fused-ring (bicyclic) bond motifs is 3. The van der Waals surface area contributed by atoms with Crippen LogP contribution in [-0.2, 0) is 24.1 Å². The van der Waals surface area contributed by atoms with E-state index in [0.29, 0.717) is 18.7 Å². The average molecular weight is 424 g/mol. The number of nitrogens with zero attached hydrogens (tertiary/aromatic N) is 1. The molecule has 30 heavy (non-hydrogen) atoms. The zero-order chi connectivity index (χ0) is 21.3. The number of aromatic amines is 1. The van der Waals surface area contributed by atoms with Gasteiger partial charge in [-0.2, -0.15) is 0 Å². The van der Waals surface area contributed by atoms with Crippen molar-refractivity contribution in [1.82, 2.24) is 15.3 Å². The number of aromatic nitrogens is 2. The van der Waals surface area contributed by atoms with Crippen LogP contribution in [0.15, 0.2) is 35.1 Å². The first-order chi connectivity index (χ1) is 14.3. The van der Waals surface area contributed by atoms with Crippen LogP contribution in [0.2, 0.25) is 0 Å². The first-order valence-electron chi connectivity index (χ1n) is 10.7. The summed E-state index contributed by atoms with van der Waals surface area (Å²) < 4.78 is 0. The quantitative estimate of drug-likeness (QED) is 0.625. The van der Waals surface area contributed by atoms with E-state index in [9.17, 15) is 9.59 Å². The van der Waals surface area contributed by atoms with E-state index in [1.165, 1.54) is 16.9 Å². The number of H-pyrrole nitrogens is 1. The molecular weight excluding hydrogens is 394 g/mol. The molecule has 0 saturated carbocycles. The molecule has 158 valence electrons. The smallest absolute Gasteiger partial charge is 0.259 e. The Morgan fingerprint density at radius 2 is 1.93 bits per heavy atom. The van der Waals surface area contributed by atoms with E-state index < -0.39 is 0 Å². The third-order valence-electron chi connectivity index (χ3n) is 5.77. The molecular formula is C24H29N3O2S. The van der Waals surface area contributed by atoms with Crippen molar-refractivity contribution in [3.05, 3.63) is 62.5 Å². The lowest BCUT2D eigenvalue weighted by atomic mass is 9.82. The summed E-state index contributed by atoms with van der Waals surface area (Å²) >= 11 is 1.64. The molecule has 1 atom stereocenters. The van der Waals surface area contributed by atoms with Crippen molar-refractivity contribution in [2.45, 2.75) is 65.3 Å². The van der Waals surface area contributed by atoms with Crippen molar-refractivity contribution in [3.63, 3.8) is 0 Å². The lowest BCUT2D eigenvalue weighted by molar-refractivity contribution is -0.122. The Morgan fingerprint density at radius 3 is 2.67 bits per heavy atom. The van der Waals surface area contributed by atoms with E-state index >= 15 is 0 Å². The zero-order valence-electron chi connectivity index (χ0n) is 17.9. The van der Waals surface area contributed by atoms with Crippen molar-refractivity contribution in [2.75, 3.05) is 0 Å². The van der Waals surface area contributed by atoms with Crippen LogP contribution in [0, 0.1) is 5.41 Å². The Kier molecular flexibility index (Phi) is 5.78. The Labute approximate surface area is 180 Å². The van der Waals surface area contributed by atoms with Gasteiger partial charge in [0.2, 0.25) is 5.91 Å². The molecule has 1 amide bonds. The summed E-state index contributed by atoms with van der Waals surface area (Å²) in [6.45, 7) is 6.36. The van der Waals surface area contributed by atoms with Crippen molar-refractivity contribution in [2.24, 2.45) is 5.41 Å². The fraction of sp³-hybridized carbons (Fsp3) is 0.458. The molecule has 0 bridgehead atoms. The van der Waals surface area contributed by atoms with Crippen LogP contribution in [0.4, 0.5) is 0 Å². The summed E-state index contributed by atoms with van der Waals surface area (Å²) in [5, 5.41) is 3.94. The molecule has 1 aromatic carbocycles. The number of amides is 1. The predicted octanol–water partition coefficient (Wildman–Crippen LogP) is 4.70. The molecule has 2 aromatic heterocycles. The van der Waals surface area contributed by atoms with E-state index in [1.807, 2.05) is 30.3 Å². The molecule has 0 fully saturated rings. The van der Waals surface area contributed by atoms with Gasteiger partial charge in [-0.05, 0) is 42.2 Å². The van der Waals surface area contributed by atoms with Gasteiger partial charge in [-0.15, -0.1) is 11.3 Å². The second kappa shape index (κ2) is 8.34. The molecule has 1 aliphatic carbocycles. The van der Waals surface area contributed by atoms with Crippen molar-refractivity contribution in [1.29, 1.82) is 0 Å². The van der Waals surface area contributed by atoms with E-state index in [4.69, 9.17) is 0 Å². The van der Waals surface area contributed by atoms with Gasteiger partial charge in [-0.1, -0.05) is 51.1 Å². The Hall–Kier alpha value is -2.47. The van der Waals surface area contributed by atoms with Gasteiger partial charge in [0, 0.05) is 17.7 Å². The van der Waals surface area contributed by atoms with E-state index in [1.54, 1.807) is 11.3 Å². The number of carbonyl (C=O) groups excluding carboxylic acids is 1. The van der Waals surface area contributed by atoms with Crippen LogP contribution in [0.1, 0.15) is 67.9 Å². The largest absolute Gasteiger partial charge is 0.349 e. The number of hydrogen-bond donors (Lipinski definition) is 2.